The Morgan fingerprint density at radius 2 is 1.47 bits per heavy atom. The van der Waals surface area contributed by atoms with E-state index in [1.54, 1.807) is 18.2 Å². The minimum Gasteiger partial charge on any atom is -0.480 e. The molecule has 1 saturated heterocycles. The van der Waals surface area contributed by atoms with E-state index in [2.05, 4.69) is 10.6 Å². The lowest BCUT2D eigenvalue weighted by Crippen LogP contribution is -2.48. The minimum atomic E-state index is -3.86. The topological polar surface area (TPSA) is 174 Å². The van der Waals surface area contributed by atoms with Crippen molar-refractivity contribution in [2.24, 2.45) is 0 Å². The molecule has 240 valence electrons. The van der Waals surface area contributed by atoms with Gasteiger partial charge in [-0.1, -0.05) is 23.2 Å². The second kappa shape index (κ2) is 13.6. The molecule has 2 amide bonds. The van der Waals surface area contributed by atoms with Crippen molar-refractivity contribution in [3.05, 3.63) is 81.8 Å². The van der Waals surface area contributed by atoms with E-state index in [0.29, 0.717) is 23.1 Å². The predicted octanol–water partition coefficient (Wildman–Crippen LogP) is 2.97. The highest BCUT2D eigenvalue weighted by Crippen LogP contribution is 2.28. The van der Waals surface area contributed by atoms with Gasteiger partial charge in [-0.2, -0.15) is 4.31 Å². The molecule has 1 fully saturated rings. The van der Waals surface area contributed by atoms with Gasteiger partial charge in [0.05, 0.1) is 22.4 Å². The molecular weight excluding hydrogens is 669 g/mol. The molecular formula is C28H29Cl2N5O8S2. The smallest absolute Gasteiger partial charge is 0.322 e. The van der Waals surface area contributed by atoms with Gasteiger partial charge < -0.3 is 20.6 Å². The number of carboxylic acid groups (broad SMARTS) is 1. The number of nitrogens with zero attached hydrogens (tertiary/aromatic N) is 3. The summed E-state index contributed by atoms with van der Waals surface area (Å²) in [5.74, 6) is -2.85. The van der Waals surface area contributed by atoms with Crippen LogP contribution in [0.3, 0.4) is 0 Å². The first-order valence-electron chi connectivity index (χ1n) is 13.3. The molecule has 0 aromatic heterocycles. The monoisotopic (exact) mass is 697 g/mol. The summed E-state index contributed by atoms with van der Waals surface area (Å²) in [5.41, 5.74) is 0.689. The molecule has 0 saturated carbocycles. The van der Waals surface area contributed by atoms with Gasteiger partial charge in [0.2, 0.25) is 20.0 Å². The first-order chi connectivity index (χ1) is 21.1. The summed E-state index contributed by atoms with van der Waals surface area (Å²) in [6.45, 7) is 0.617. The number of carbonyl (C=O) groups is 3. The number of halogens is 2. The molecule has 0 bridgehead atoms. The molecule has 3 aromatic rings. The third-order valence-corrected chi connectivity index (χ3v) is 10.5. The van der Waals surface area contributed by atoms with Gasteiger partial charge in [-0.25, -0.2) is 16.8 Å². The normalized spacial score (nSPS) is 14.1. The van der Waals surface area contributed by atoms with Crippen LogP contribution in [0.2, 0.25) is 10.0 Å². The lowest BCUT2D eigenvalue weighted by atomic mass is 10.1. The highest BCUT2D eigenvalue weighted by atomic mass is 35.5. The Balaban J connectivity index is 1.50. The quantitative estimate of drug-likeness (QED) is 0.288. The fourth-order valence-corrected chi connectivity index (χ4v) is 6.99. The average molecular weight is 699 g/mol. The summed E-state index contributed by atoms with van der Waals surface area (Å²) in [6.07, 6.45) is 0.939. The summed E-state index contributed by atoms with van der Waals surface area (Å²) in [5, 5.41) is 14.6. The van der Waals surface area contributed by atoms with E-state index in [1.165, 1.54) is 47.8 Å². The number of carbonyl (C=O) groups excluding carboxylic acids is 2. The van der Waals surface area contributed by atoms with Crippen LogP contribution in [-0.4, -0.2) is 90.1 Å². The number of aliphatic carboxylic acids is 1. The van der Waals surface area contributed by atoms with Gasteiger partial charge in [-0.3, -0.25) is 18.7 Å². The van der Waals surface area contributed by atoms with Gasteiger partial charge in [0, 0.05) is 60.2 Å². The van der Waals surface area contributed by atoms with Crippen LogP contribution in [0.25, 0.3) is 0 Å². The van der Waals surface area contributed by atoms with E-state index < -0.39 is 44.4 Å². The Morgan fingerprint density at radius 1 is 0.867 bits per heavy atom. The van der Waals surface area contributed by atoms with Crippen molar-refractivity contribution < 1.29 is 36.3 Å². The largest absolute Gasteiger partial charge is 0.480 e. The molecule has 3 N–H and O–H groups in total. The predicted molar refractivity (Wildman–Crippen MR) is 171 cm³/mol. The molecule has 13 nitrogen and oxygen atoms in total. The average Bonchev–Trinajstić information content (AvgIpc) is 2.98. The molecule has 1 aliphatic rings. The van der Waals surface area contributed by atoms with Crippen molar-refractivity contribution in [3.8, 4) is 0 Å². The third kappa shape index (κ3) is 8.23. The fraction of sp³-hybridized carbons (Fsp3) is 0.250. The maximum atomic E-state index is 13.3. The van der Waals surface area contributed by atoms with E-state index in [0.717, 1.165) is 22.3 Å². The zero-order valence-corrected chi connectivity index (χ0v) is 27.2. The second-order valence-electron chi connectivity index (χ2n) is 10.0. The Hall–Kier alpha value is -3.89. The van der Waals surface area contributed by atoms with E-state index >= 15 is 0 Å². The Labute approximate surface area is 270 Å². The maximum Gasteiger partial charge on any atom is 0.322 e. The van der Waals surface area contributed by atoms with Crippen molar-refractivity contribution in [3.63, 3.8) is 0 Å². The van der Waals surface area contributed by atoms with Crippen molar-refractivity contribution in [1.82, 2.24) is 9.62 Å². The molecule has 3 aromatic carbocycles. The van der Waals surface area contributed by atoms with Gasteiger partial charge in [-0.05, 0) is 60.7 Å². The Bertz CT molecular complexity index is 1830. The van der Waals surface area contributed by atoms with Crippen LogP contribution in [0.5, 0.6) is 0 Å². The number of anilines is 3. The van der Waals surface area contributed by atoms with Crippen LogP contribution in [0, 0.1) is 0 Å². The second-order valence-corrected chi connectivity index (χ2v) is 14.9. The highest BCUT2D eigenvalue weighted by Gasteiger charge is 2.29. The van der Waals surface area contributed by atoms with Crippen LogP contribution >= 0.6 is 23.2 Å². The minimum absolute atomic E-state index is 0.00865. The molecule has 0 unspecified atom stereocenters. The number of benzene rings is 3. The van der Waals surface area contributed by atoms with Crippen molar-refractivity contribution >= 4 is 78.1 Å². The molecule has 1 aliphatic heterocycles. The first kappa shape index (κ1) is 34.0. The molecule has 4 rings (SSSR count). The molecule has 17 heteroatoms. The van der Waals surface area contributed by atoms with Crippen molar-refractivity contribution in [2.45, 2.75) is 4.90 Å². The summed E-state index contributed by atoms with van der Waals surface area (Å²) in [4.78, 5) is 38.6. The Kier molecular flexibility index (Phi) is 10.3. The zero-order chi connectivity index (χ0) is 33.1. The van der Waals surface area contributed by atoms with Crippen molar-refractivity contribution in [2.75, 3.05) is 60.5 Å². The van der Waals surface area contributed by atoms with Gasteiger partial charge in [0.1, 0.15) is 6.54 Å². The molecule has 1 heterocycles. The zero-order valence-electron chi connectivity index (χ0n) is 24.0. The van der Waals surface area contributed by atoms with Gasteiger partial charge >= 0.3 is 5.97 Å². The van der Waals surface area contributed by atoms with Crippen LogP contribution in [-0.2, 0) is 24.8 Å². The molecule has 0 atom stereocenters. The summed E-state index contributed by atoms with van der Waals surface area (Å²) < 4.78 is 53.3. The number of hydrogen-bond acceptors (Lipinski definition) is 8. The molecule has 45 heavy (non-hydrogen) atoms. The lowest BCUT2D eigenvalue weighted by molar-refractivity contribution is -0.135. The first-order valence-corrected chi connectivity index (χ1v) is 17.3. The van der Waals surface area contributed by atoms with Gasteiger partial charge in [0.25, 0.3) is 11.8 Å². The van der Waals surface area contributed by atoms with E-state index in [1.807, 2.05) is 4.90 Å². The van der Waals surface area contributed by atoms with Crippen LogP contribution in [0.15, 0.2) is 65.6 Å². The van der Waals surface area contributed by atoms with Crippen LogP contribution in [0.4, 0.5) is 17.1 Å². The SMILES string of the molecule is CN(c1ccc(C(=O)NCC(=O)O)cc1C(=O)Nc1ccc(S(=O)(=O)N2CCN(c3cc(Cl)cc(Cl)c3)CC2)cc1)S(C)(=O)=O. The van der Waals surface area contributed by atoms with Crippen molar-refractivity contribution in [1.29, 1.82) is 0 Å². The number of nitrogens with one attached hydrogen (secondary N) is 2. The molecule has 0 spiro atoms. The van der Waals surface area contributed by atoms with E-state index in [4.69, 9.17) is 28.3 Å². The summed E-state index contributed by atoms with van der Waals surface area (Å²) >= 11 is 12.2. The van der Waals surface area contributed by atoms with E-state index in [9.17, 15) is 31.2 Å². The summed E-state index contributed by atoms with van der Waals surface area (Å²) in [6, 6.07) is 14.2. The molecule has 0 aliphatic carbocycles. The number of amides is 2. The molecule has 0 radical (unpaired) electrons. The highest BCUT2D eigenvalue weighted by molar-refractivity contribution is 7.92. The number of carboxylic acids is 1. The van der Waals surface area contributed by atoms with E-state index in [-0.39, 0.29) is 40.5 Å². The number of hydrogen-bond donors (Lipinski definition) is 3. The Morgan fingerprint density at radius 3 is 2.02 bits per heavy atom. The number of rotatable bonds is 10. The number of piperazine rings is 1. The summed E-state index contributed by atoms with van der Waals surface area (Å²) in [7, 11) is -6.44. The third-order valence-electron chi connectivity index (χ3n) is 6.94. The lowest BCUT2D eigenvalue weighted by Gasteiger charge is -2.35. The fourth-order valence-electron chi connectivity index (χ4n) is 4.54. The number of sulfonamides is 2. The standard InChI is InChI=1S/C28H29Cl2N5O8S2/c1-33(44(2,40)41)25-8-3-18(27(38)31-17-26(36)37)13-24(25)28(39)32-21-4-6-23(7-5-21)45(42,43)35-11-9-34(10-12-35)22-15-19(29)14-20(30)16-22/h3-8,13-16H,9-12,17H2,1-2H3,(H,31,38)(H,32,39)(H,36,37). The van der Waals surface area contributed by atoms with Crippen LogP contribution in [0.1, 0.15) is 20.7 Å². The van der Waals surface area contributed by atoms with Gasteiger partial charge in [0.15, 0.2) is 0 Å². The van der Waals surface area contributed by atoms with Crippen LogP contribution < -0.4 is 19.8 Å². The maximum absolute atomic E-state index is 13.3. The van der Waals surface area contributed by atoms with Gasteiger partial charge in [-0.15, -0.1) is 0 Å².